The predicted octanol–water partition coefficient (Wildman–Crippen LogP) is 1.90. The van der Waals surface area contributed by atoms with Gasteiger partial charge in [0.15, 0.2) is 0 Å². The van der Waals surface area contributed by atoms with Crippen LogP contribution in [0.3, 0.4) is 0 Å². The normalized spacial score (nSPS) is 15.3. The number of nitrogens with zero attached hydrogens (tertiary/aromatic N) is 1. The highest BCUT2D eigenvalue weighted by Crippen LogP contribution is 2.18. The van der Waals surface area contributed by atoms with Gasteiger partial charge in [-0.25, -0.2) is 0 Å². The third-order valence-electron chi connectivity index (χ3n) is 3.01. The van der Waals surface area contributed by atoms with Gasteiger partial charge in [0.05, 0.1) is 0 Å². The number of unbranched alkanes of at least 4 members (excludes halogenated alkanes) is 1. The first-order chi connectivity index (χ1) is 7.81. The molecule has 1 fully saturated rings. The van der Waals surface area contributed by atoms with Crippen molar-refractivity contribution in [3.8, 4) is 0 Å². The molecule has 1 aromatic heterocycles. The maximum absolute atomic E-state index is 12.0. The summed E-state index contributed by atoms with van der Waals surface area (Å²) in [6.45, 7) is 3.70. The summed E-state index contributed by atoms with van der Waals surface area (Å²) in [6, 6.07) is 4.56. The molecule has 0 unspecified atom stereocenters. The van der Waals surface area contributed by atoms with Crippen LogP contribution in [0.4, 0.5) is 0 Å². The van der Waals surface area contributed by atoms with Crippen LogP contribution in [0.25, 0.3) is 0 Å². The Morgan fingerprint density at radius 1 is 1.50 bits per heavy atom. The lowest BCUT2D eigenvalue weighted by molar-refractivity contribution is 0.599. The van der Waals surface area contributed by atoms with Gasteiger partial charge < -0.3 is 9.88 Å². The zero-order chi connectivity index (χ0) is 11.4. The van der Waals surface area contributed by atoms with Crippen molar-refractivity contribution in [1.82, 2.24) is 9.88 Å². The highest BCUT2D eigenvalue weighted by atomic mass is 16.1. The maximum Gasteiger partial charge on any atom is 0.255 e. The first kappa shape index (κ1) is 11.4. The summed E-state index contributed by atoms with van der Waals surface area (Å²) in [7, 11) is 0. The molecule has 16 heavy (non-hydrogen) atoms. The number of aromatic nitrogens is 1. The van der Waals surface area contributed by atoms with Gasteiger partial charge in [-0.2, -0.15) is 0 Å². The summed E-state index contributed by atoms with van der Waals surface area (Å²) in [4.78, 5) is 12.0. The molecule has 1 aliphatic rings. The molecule has 0 aromatic carbocycles. The van der Waals surface area contributed by atoms with E-state index in [1.165, 1.54) is 12.8 Å². The fourth-order valence-electron chi connectivity index (χ4n) is 1.77. The van der Waals surface area contributed by atoms with E-state index in [1.54, 1.807) is 0 Å². The molecule has 3 heteroatoms. The number of pyridine rings is 1. The zero-order valence-electron chi connectivity index (χ0n) is 9.91. The van der Waals surface area contributed by atoms with E-state index in [2.05, 4.69) is 12.2 Å². The van der Waals surface area contributed by atoms with Crippen molar-refractivity contribution >= 4 is 0 Å². The Morgan fingerprint density at radius 3 is 3.00 bits per heavy atom. The Balaban J connectivity index is 2.02. The molecule has 1 saturated carbocycles. The van der Waals surface area contributed by atoms with E-state index >= 15 is 0 Å². The molecular formula is C13H20N2O. The summed E-state index contributed by atoms with van der Waals surface area (Å²) < 4.78 is 1.83. The molecule has 0 saturated heterocycles. The van der Waals surface area contributed by atoms with Gasteiger partial charge >= 0.3 is 0 Å². The average Bonchev–Trinajstić information content (AvgIpc) is 3.10. The second-order valence-electron chi connectivity index (χ2n) is 4.54. The molecule has 0 radical (unpaired) electrons. The third-order valence-corrected chi connectivity index (χ3v) is 3.01. The number of rotatable bonds is 6. The van der Waals surface area contributed by atoms with Crippen molar-refractivity contribution in [2.45, 2.75) is 51.7 Å². The lowest BCUT2D eigenvalue weighted by Crippen LogP contribution is -2.27. The van der Waals surface area contributed by atoms with Crippen molar-refractivity contribution in [1.29, 1.82) is 0 Å². The first-order valence-electron chi connectivity index (χ1n) is 6.23. The Hall–Kier alpha value is -1.09. The summed E-state index contributed by atoms with van der Waals surface area (Å²) >= 11 is 0. The Labute approximate surface area is 96.5 Å². The fraction of sp³-hybridized carbons (Fsp3) is 0.615. The SMILES string of the molecule is CCCCn1cccc(CNC2CC2)c1=O. The highest BCUT2D eigenvalue weighted by molar-refractivity contribution is 5.10. The predicted molar refractivity (Wildman–Crippen MR) is 65.5 cm³/mol. The van der Waals surface area contributed by atoms with Gasteiger partial charge in [-0.3, -0.25) is 4.79 Å². The third kappa shape index (κ3) is 2.95. The monoisotopic (exact) mass is 220 g/mol. The number of nitrogens with one attached hydrogen (secondary N) is 1. The molecule has 2 rings (SSSR count). The molecule has 1 aromatic rings. The van der Waals surface area contributed by atoms with Crippen molar-refractivity contribution < 1.29 is 0 Å². The van der Waals surface area contributed by atoms with Crippen LogP contribution in [0.1, 0.15) is 38.2 Å². The van der Waals surface area contributed by atoms with Crippen LogP contribution in [-0.2, 0) is 13.1 Å². The quantitative estimate of drug-likeness (QED) is 0.794. The molecule has 88 valence electrons. The smallest absolute Gasteiger partial charge is 0.255 e. The maximum atomic E-state index is 12.0. The van der Waals surface area contributed by atoms with Gasteiger partial charge in [-0.1, -0.05) is 19.4 Å². The molecule has 0 spiro atoms. The first-order valence-corrected chi connectivity index (χ1v) is 6.23. The van der Waals surface area contributed by atoms with Crippen LogP contribution in [0.5, 0.6) is 0 Å². The van der Waals surface area contributed by atoms with E-state index in [0.29, 0.717) is 6.04 Å². The van der Waals surface area contributed by atoms with E-state index in [4.69, 9.17) is 0 Å². The molecule has 0 atom stereocenters. The van der Waals surface area contributed by atoms with E-state index in [9.17, 15) is 4.79 Å². The summed E-state index contributed by atoms with van der Waals surface area (Å²) in [5.74, 6) is 0. The van der Waals surface area contributed by atoms with Crippen LogP contribution in [0.15, 0.2) is 23.1 Å². The second kappa shape index (κ2) is 5.30. The summed E-state index contributed by atoms with van der Waals surface area (Å²) in [5, 5.41) is 3.38. The van der Waals surface area contributed by atoms with Gasteiger partial charge in [0.2, 0.25) is 0 Å². The van der Waals surface area contributed by atoms with E-state index in [-0.39, 0.29) is 5.56 Å². The van der Waals surface area contributed by atoms with Crippen molar-refractivity contribution in [2.24, 2.45) is 0 Å². The van der Waals surface area contributed by atoms with Crippen molar-refractivity contribution in [2.75, 3.05) is 0 Å². The lowest BCUT2D eigenvalue weighted by Gasteiger charge is -2.07. The van der Waals surface area contributed by atoms with Crippen LogP contribution in [0.2, 0.25) is 0 Å². The average molecular weight is 220 g/mol. The van der Waals surface area contributed by atoms with Gasteiger partial charge in [-0.05, 0) is 25.3 Å². The van der Waals surface area contributed by atoms with Crippen LogP contribution < -0.4 is 10.9 Å². The topological polar surface area (TPSA) is 34.0 Å². The molecule has 1 aliphatic carbocycles. The zero-order valence-corrected chi connectivity index (χ0v) is 9.91. The molecule has 0 bridgehead atoms. The fourth-order valence-corrected chi connectivity index (χ4v) is 1.77. The van der Waals surface area contributed by atoms with Gasteiger partial charge in [0.25, 0.3) is 5.56 Å². The number of hydrogen-bond donors (Lipinski definition) is 1. The van der Waals surface area contributed by atoms with E-state index in [0.717, 1.165) is 31.5 Å². The number of aryl methyl sites for hydroxylation is 1. The molecule has 1 N–H and O–H groups in total. The Morgan fingerprint density at radius 2 is 2.31 bits per heavy atom. The van der Waals surface area contributed by atoms with Crippen LogP contribution >= 0.6 is 0 Å². The van der Waals surface area contributed by atoms with Crippen molar-refractivity contribution in [3.05, 3.63) is 34.2 Å². The van der Waals surface area contributed by atoms with Gasteiger partial charge in [0.1, 0.15) is 0 Å². The minimum absolute atomic E-state index is 0.170. The number of hydrogen-bond acceptors (Lipinski definition) is 2. The van der Waals surface area contributed by atoms with E-state index in [1.807, 2.05) is 22.9 Å². The standard InChI is InChI=1S/C13H20N2O/c1-2-3-8-15-9-4-5-11(13(15)16)10-14-12-6-7-12/h4-5,9,12,14H,2-3,6-8,10H2,1H3. The second-order valence-corrected chi connectivity index (χ2v) is 4.54. The Kier molecular flexibility index (Phi) is 3.78. The minimum Gasteiger partial charge on any atom is -0.315 e. The van der Waals surface area contributed by atoms with Crippen molar-refractivity contribution in [3.63, 3.8) is 0 Å². The van der Waals surface area contributed by atoms with E-state index < -0.39 is 0 Å². The summed E-state index contributed by atoms with van der Waals surface area (Å²) in [6.07, 6.45) is 6.60. The van der Waals surface area contributed by atoms with Crippen LogP contribution in [0, 0.1) is 0 Å². The largest absolute Gasteiger partial charge is 0.315 e. The van der Waals surface area contributed by atoms with Gasteiger partial charge in [0, 0.05) is 30.9 Å². The molecule has 1 heterocycles. The molecule has 0 aliphatic heterocycles. The Bertz CT molecular complexity index is 393. The van der Waals surface area contributed by atoms with Gasteiger partial charge in [-0.15, -0.1) is 0 Å². The lowest BCUT2D eigenvalue weighted by atomic mass is 10.2. The minimum atomic E-state index is 0.170. The summed E-state index contributed by atoms with van der Waals surface area (Å²) in [5.41, 5.74) is 1.06. The highest BCUT2D eigenvalue weighted by Gasteiger charge is 2.20. The molecule has 3 nitrogen and oxygen atoms in total. The molecular weight excluding hydrogens is 200 g/mol. The van der Waals surface area contributed by atoms with Crippen LogP contribution in [-0.4, -0.2) is 10.6 Å². The molecule has 0 amide bonds.